The number of halogens is 3. The van der Waals surface area contributed by atoms with Gasteiger partial charge in [0, 0.05) is 0 Å². The van der Waals surface area contributed by atoms with Crippen molar-refractivity contribution >= 4 is 0 Å². The van der Waals surface area contributed by atoms with Crippen LogP contribution in [0.4, 0.5) is 13.2 Å². The maximum atomic E-state index is 14.6. The van der Waals surface area contributed by atoms with Gasteiger partial charge in [0.25, 0.3) is 0 Å². The fourth-order valence-electron chi connectivity index (χ4n) is 3.68. The number of hydrogen-bond donors (Lipinski definition) is 0. The molecular formula is C28H26F3N. The lowest BCUT2D eigenvalue weighted by Crippen LogP contribution is -2.00. The second-order valence-electron chi connectivity index (χ2n) is 7.90. The SMILES string of the molecule is C/C=C/CCc1ccc(CCc2ccc(CCc3cc(F)c(C#N)c(F)c3)c(F)c2)cc1. The van der Waals surface area contributed by atoms with Crippen LogP contribution in [0, 0.1) is 28.8 Å². The van der Waals surface area contributed by atoms with E-state index in [1.54, 1.807) is 12.1 Å². The van der Waals surface area contributed by atoms with Gasteiger partial charge in [-0.1, -0.05) is 48.6 Å². The summed E-state index contributed by atoms with van der Waals surface area (Å²) in [6, 6.07) is 17.5. The molecule has 0 N–H and O–H groups in total. The molecule has 0 bridgehead atoms. The van der Waals surface area contributed by atoms with E-state index in [1.807, 2.05) is 13.0 Å². The van der Waals surface area contributed by atoms with E-state index < -0.39 is 17.2 Å². The molecule has 3 aromatic rings. The molecule has 0 aliphatic heterocycles. The third-order valence-electron chi connectivity index (χ3n) is 5.57. The van der Waals surface area contributed by atoms with E-state index in [0.29, 0.717) is 17.5 Å². The molecular weight excluding hydrogens is 407 g/mol. The highest BCUT2D eigenvalue weighted by Crippen LogP contribution is 2.19. The Morgan fingerprint density at radius 3 is 1.81 bits per heavy atom. The second kappa shape index (κ2) is 11.3. The van der Waals surface area contributed by atoms with E-state index in [1.165, 1.54) is 17.2 Å². The minimum absolute atomic E-state index is 0.288. The molecule has 32 heavy (non-hydrogen) atoms. The Kier molecular flexibility index (Phi) is 8.27. The lowest BCUT2D eigenvalue weighted by molar-refractivity contribution is 0.572. The first-order valence-corrected chi connectivity index (χ1v) is 10.8. The van der Waals surface area contributed by atoms with Crippen molar-refractivity contribution in [3.05, 3.63) is 118 Å². The monoisotopic (exact) mass is 433 g/mol. The fraction of sp³-hybridized carbons (Fsp3) is 0.250. The average Bonchev–Trinajstić information content (AvgIpc) is 2.78. The van der Waals surface area contributed by atoms with Gasteiger partial charge < -0.3 is 0 Å². The van der Waals surface area contributed by atoms with Crippen LogP contribution in [0.15, 0.2) is 66.7 Å². The number of allylic oxidation sites excluding steroid dienone is 2. The number of hydrogen-bond acceptors (Lipinski definition) is 1. The van der Waals surface area contributed by atoms with Crippen LogP contribution >= 0.6 is 0 Å². The summed E-state index contributed by atoms with van der Waals surface area (Å²) in [4.78, 5) is 0. The minimum atomic E-state index is -0.885. The third kappa shape index (κ3) is 6.34. The maximum Gasteiger partial charge on any atom is 0.144 e. The summed E-state index contributed by atoms with van der Waals surface area (Å²) in [6.07, 6.45) is 8.47. The summed E-state index contributed by atoms with van der Waals surface area (Å²) < 4.78 is 42.1. The number of aryl methyl sites for hydroxylation is 5. The molecule has 1 nitrogen and oxygen atoms in total. The second-order valence-corrected chi connectivity index (χ2v) is 7.90. The zero-order chi connectivity index (χ0) is 22.9. The van der Waals surface area contributed by atoms with Crippen molar-refractivity contribution in [2.24, 2.45) is 0 Å². The predicted octanol–water partition coefficient (Wildman–Crippen LogP) is 7.05. The molecule has 0 heterocycles. The van der Waals surface area contributed by atoms with Crippen LogP contribution in [0.25, 0.3) is 0 Å². The summed E-state index contributed by atoms with van der Waals surface area (Å²) in [5, 5.41) is 8.75. The van der Waals surface area contributed by atoms with Crippen LogP contribution in [-0.4, -0.2) is 0 Å². The highest BCUT2D eigenvalue weighted by atomic mass is 19.1. The van der Waals surface area contributed by atoms with Crippen molar-refractivity contribution in [3.63, 3.8) is 0 Å². The van der Waals surface area contributed by atoms with Crippen LogP contribution < -0.4 is 0 Å². The fourth-order valence-corrected chi connectivity index (χ4v) is 3.68. The number of nitriles is 1. The van der Waals surface area contributed by atoms with Crippen molar-refractivity contribution < 1.29 is 13.2 Å². The van der Waals surface area contributed by atoms with E-state index >= 15 is 0 Å². The maximum absolute atomic E-state index is 14.6. The quantitative estimate of drug-likeness (QED) is 0.332. The lowest BCUT2D eigenvalue weighted by atomic mass is 9.98. The van der Waals surface area contributed by atoms with Crippen LogP contribution in [-0.2, 0) is 32.1 Å². The Hall–Kier alpha value is -3.32. The standard InChI is InChI=1S/C28H26F3N/c1-2-3-4-5-20-6-8-21(9-7-20)10-11-22-12-14-24(26(29)16-22)15-13-23-17-27(30)25(19-32)28(31)18-23/h2-3,6-9,12,14,16-18H,4-5,10-11,13,15H2,1H3/b3-2+. The lowest BCUT2D eigenvalue weighted by Gasteiger charge is -2.08. The predicted molar refractivity (Wildman–Crippen MR) is 122 cm³/mol. The zero-order valence-electron chi connectivity index (χ0n) is 18.2. The first-order valence-electron chi connectivity index (χ1n) is 10.8. The van der Waals surface area contributed by atoms with E-state index in [9.17, 15) is 13.2 Å². The molecule has 0 saturated carbocycles. The van der Waals surface area contributed by atoms with E-state index in [-0.39, 0.29) is 12.2 Å². The number of nitrogens with zero attached hydrogens (tertiary/aromatic N) is 1. The molecule has 0 spiro atoms. The Labute approximate surface area is 187 Å². The Balaban J connectivity index is 1.55. The van der Waals surface area contributed by atoms with Gasteiger partial charge in [0.1, 0.15) is 29.1 Å². The molecule has 164 valence electrons. The van der Waals surface area contributed by atoms with Crippen LogP contribution in [0.2, 0.25) is 0 Å². The van der Waals surface area contributed by atoms with Gasteiger partial charge in [-0.25, -0.2) is 13.2 Å². The molecule has 0 amide bonds. The highest BCUT2D eigenvalue weighted by molar-refractivity contribution is 5.36. The van der Waals surface area contributed by atoms with Crippen LogP contribution in [0.1, 0.15) is 46.7 Å². The van der Waals surface area contributed by atoms with Gasteiger partial charge in [-0.15, -0.1) is 0 Å². The zero-order valence-corrected chi connectivity index (χ0v) is 18.2. The first kappa shape index (κ1) is 23.3. The van der Waals surface area contributed by atoms with E-state index in [0.717, 1.165) is 43.4 Å². The molecule has 0 saturated heterocycles. The van der Waals surface area contributed by atoms with Crippen molar-refractivity contribution in [2.45, 2.75) is 45.4 Å². The van der Waals surface area contributed by atoms with Crippen LogP contribution in [0.3, 0.4) is 0 Å². The molecule has 3 aromatic carbocycles. The van der Waals surface area contributed by atoms with Crippen molar-refractivity contribution in [3.8, 4) is 6.07 Å². The van der Waals surface area contributed by atoms with Crippen molar-refractivity contribution in [2.75, 3.05) is 0 Å². The molecule has 3 rings (SSSR count). The molecule has 0 aliphatic carbocycles. The van der Waals surface area contributed by atoms with Gasteiger partial charge in [-0.2, -0.15) is 5.26 Å². The molecule has 0 aromatic heterocycles. The third-order valence-corrected chi connectivity index (χ3v) is 5.57. The summed E-state index contributed by atoms with van der Waals surface area (Å²) >= 11 is 0. The van der Waals surface area contributed by atoms with Gasteiger partial charge in [-0.05, 0) is 91.5 Å². The first-order chi connectivity index (χ1) is 15.5. The Morgan fingerprint density at radius 2 is 1.22 bits per heavy atom. The molecule has 0 atom stereocenters. The highest BCUT2D eigenvalue weighted by Gasteiger charge is 2.11. The van der Waals surface area contributed by atoms with E-state index in [2.05, 4.69) is 36.4 Å². The van der Waals surface area contributed by atoms with Gasteiger partial charge in [0.2, 0.25) is 0 Å². The average molecular weight is 434 g/mol. The van der Waals surface area contributed by atoms with Gasteiger partial charge >= 0.3 is 0 Å². The molecule has 0 aliphatic rings. The number of rotatable bonds is 9. The summed E-state index contributed by atoms with van der Waals surface area (Å²) in [5.41, 5.74) is 3.76. The van der Waals surface area contributed by atoms with Gasteiger partial charge in [-0.3, -0.25) is 0 Å². The molecule has 0 unspecified atom stereocenters. The Bertz CT molecular complexity index is 1100. The van der Waals surface area contributed by atoms with Crippen molar-refractivity contribution in [1.82, 2.24) is 0 Å². The summed E-state index contributed by atoms with van der Waals surface area (Å²) in [6.45, 7) is 2.02. The normalized spacial score (nSPS) is 11.1. The number of benzene rings is 3. The minimum Gasteiger partial charge on any atom is -0.207 e. The van der Waals surface area contributed by atoms with Gasteiger partial charge in [0.05, 0.1) is 0 Å². The summed E-state index contributed by atoms with van der Waals surface area (Å²) in [7, 11) is 0. The summed E-state index contributed by atoms with van der Waals surface area (Å²) in [5.74, 6) is -2.08. The Morgan fingerprint density at radius 1 is 0.688 bits per heavy atom. The molecule has 0 fully saturated rings. The van der Waals surface area contributed by atoms with Crippen molar-refractivity contribution in [1.29, 1.82) is 5.26 Å². The van der Waals surface area contributed by atoms with Gasteiger partial charge in [0.15, 0.2) is 0 Å². The topological polar surface area (TPSA) is 23.8 Å². The van der Waals surface area contributed by atoms with Crippen LogP contribution in [0.5, 0.6) is 0 Å². The smallest absolute Gasteiger partial charge is 0.144 e. The molecule has 4 heteroatoms. The van der Waals surface area contributed by atoms with E-state index in [4.69, 9.17) is 5.26 Å². The molecule has 0 radical (unpaired) electrons. The largest absolute Gasteiger partial charge is 0.207 e.